The van der Waals surface area contributed by atoms with E-state index in [1.807, 2.05) is 30.0 Å². The van der Waals surface area contributed by atoms with Crippen molar-refractivity contribution in [2.75, 3.05) is 25.0 Å². The quantitative estimate of drug-likeness (QED) is 0.858. The number of hydrogen-bond acceptors (Lipinski definition) is 3. The molecule has 1 saturated heterocycles. The normalized spacial score (nSPS) is 15.5. The van der Waals surface area contributed by atoms with E-state index in [4.69, 9.17) is 0 Å². The third-order valence-electron chi connectivity index (χ3n) is 3.93. The SMILES string of the molecule is CC(=O)N1CCC(NC(=O)CNc2ccc(Br)cc2C)CC1. The van der Waals surface area contributed by atoms with Crippen LogP contribution in [0.4, 0.5) is 5.69 Å². The maximum atomic E-state index is 12.0. The predicted octanol–water partition coefficient (Wildman–Crippen LogP) is 2.30. The topological polar surface area (TPSA) is 61.4 Å². The second-order valence-corrected chi connectivity index (χ2v) is 6.58. The Morgan fingerprint density at radius 3 is 2.59 bits per heavy atom. The Labute approximate surface area is 139 Å². The van der Waals surface area contributed by atoms with Gasteiger partial charge in [0.15, 0.2) is 0 Å². The fraction of sp³-hybridized carbons (Fsp3) is 0.500. The number of carbonyl (C=O) groups is 2. The van der Waals surface area contributed by atoms with Gasteiger partial charge < -0.3 is 15.5 Å². The number of aryl methyl sites for hydroxylation is 1. The molecule has 2 N–H and O–H groups in total. The van der Waals surface area contributed by atoms with Gasteiger partial charge >= 0.3 is 0 Å². The monoisotopic (exact) mass is 367 g/mol. The summed E-state index contributed by atoms with van der Waals surface area (Å²) in [7, 11) is 0. The lowest BCUT2D eigenvalue weighted by Gasteiger charge is -2.31. The first-order chi connectivity index (χ1) is 10.5. The van der Waals surface area contributed by atoms with Gasteiger partial charge in [-0.1, -0.05) is 15.9 Å². The molecule has 0 aliphatic carbocycles. The number of halogens is 1. The molecule has 0 atom stereocenters. The van der Waals surface area contributed by atoms with Crippen LogP contribution in [0.25, 0.3) is 0 Å². The zero-order chi connectivity index (χ0) is 16.1. The molecule has 22 heavy (non-hydrogen) atoms. The van der Waals surface area contributed by atoms with Gasteiger partial charge in [-0.25, -0.2) is 0 Å². The van der Waals surface area contributed by atoms with Gasteiger partial charge in [-0.15, -0.1) is 0 Å². The molecule has 0 spiro atoms. The number of likely N-dealkylation sites (tertiary alicyclic amines) is 1. The number of amides is 2. The summed E-state index contributed by atoms with van der Waals surface area (Å²) in [5.41, 5.74) is 2.06. The number of hydrogen-bond donors (Lipinski definition) is 2. The zero-order valence-electron chi connectivity index (χ0n) is 13.0. The van der Waals surface area contributed by atoms with Crippen LogP contribution in [0.3, 0.4) is 0 Å². The molecule has 1 aliphatic heterocycles. The molecule has 1 heterocycles. The Morgan fingerprint density at radius 2 is 2.00 bits per heavy atom. The molecular weight excluding hydrogens is 346 g/mol. The van der Waals surface area contributed by atoms with Crippen molar-refractivity contribution in [3.63, 3.8) is 0 Å². The summed E-state index contributed by atoms with van der Waals surface area (Å²) < 4.78 is 1.03. The van der Waals surface area contributed by atoms with Crippen molar-refractivity contribution in [1.29, 1.82) is 0 Å². The Morgan fingerprint density at radius 1 is 1.32 bits per heavy atom. The molecule has 1 aliphatic rings. The van der Waals surface area contributed by atoms with E-state index in [-0.39, 0.29) is 24.4 Å². The molecule has 0 bridgehead atoms. The number of anilines is 1. The fourth-order valence-electron chi connectivity index (χ4n) is 2.62. The van der Waals surface area contributed by atoms with Gasteiger partial charge in [0, 0.05) is 36.2 Å². The Hall–Kier alpha value is -1.56. The highest BCUT2D eigenvalue weighted by atomic mass is 79.9. The highest BCUT2D eigenvalue weighted by Crippen LogP contribution is 2.19. The van der Waals surface area contributed by atoms with E-state index < -0.39 is 0 Å². The highest BCUT2D eigenvalue weighted by molar-refractivity contribution is 9.10. The van der Waals surface area contributed by atoms with Crippen molar-refractivity contribution in [1.82, 2.24) is 10.2 Å². The minimum atomic E-state index is -0.0106. The predicted molar refractivity (Wildman–Crippen MR) is 90.8 cm³/mol. The van der Waals surface area contributed by atoms with Crippen molar-refractivity contribution >= 4 is 33.4 Å². The van der Waals surface area contributed by atoms with Gasteiger partial charge in [0.05, 0.1) is 6.54 Å². The van der Waals surface area contributed by atoms with E-state index >= 15 is 0 Å². The number of benzene rings is 1. The Balaban J connectivity index is 1.75. The van der Waals surface area contributed by atoms with Crippen LogP contribution in [0.15, 0.2) is 22.7 Å². The van der Waals surface area contributed by atoms with E-state index in [2.05, 4.69) is 26.6 Å². The van der Waals surface area contributed by atoms with Gasteiger partial charge in [-0.3, -0.25) is 9.59 Å². The summed E-state index contributed by atoms with van der Waals surface area (Å²) in [6, 6.07) is 6.08. The summed E-state index contributed by atoms with van der Waals surface area (Å²) in [6.45, 7) is 5.29. The largest absolute Gasteiger partial charge is 0.376 e. The molecule has 0 radical (unpaired) electrons. The fourth-order valence-corrected chi connectivity index (χ4v) is 3.09. The third-order valence-corrected chi connectivity index (χ3v) is 4.43. The number of nitrogens with zero attached hydrogens (tertiary/aromatic N) is 1. The first kappa shape index (κ1) is 16.8. The summed E-state index contributed by atoms with van der Waals surface area (Å²) in [5, 5.41) is 6.19. The third kappa shape index (κ3) is 4.73. The van der Waals surface area contributed by atoms with Gasteiger partial charge in [0.25, 0.3) is 0 Å². The van der Waals surface area contributed by atoms with Crippen LogP contribution in [0.2, 0.25) is 0 Å². The number of carbonyl (C=O) groups excluding carboxylic acids is 2. The molecule has 5 nitrogen and oxygen atoms in total. The lowest BCUT2D eigenvalue weighted by Crippen LogP contribution is -2.47. The molecule has 0 aromatic heterocycles. The first-order valence-electron chi connectivity index (χ1n) is 7.50. The van der Waals surface area contributed by atoms with Crippen LogP contribution in [0.1, 0.15) is 25.3 Å². The minimum absolute atomic E-state index is 0.0106. The summed E-state index contributed by atoms with van der Waals surface area (Å²) in [6.07, 6.45) is 1.64. The average molecular weight is 368 g/mol. The second kappa shape index (κ2) is 7.63. The summed E-state index contributed by atoms with van der Waals surface area (Å²) in [5.74, 6) is 0.0979. The molecular formula is C16H22BrN3O2. The molecule has 0 unspecified atom stereocenters. The average Bonchev–Trinajstić information content (AvgIpc) is 2.47. The van der Waals surface area contributed by atoms with Crippen molar-refractivity contribution in [2.45, 2.75) is 32.7 Å². The maximum Gasteiger partial charge on any atom is 0.239 e. The van der Waals surface area contributed by atoms with E-state index in [9.17, 15) is 9.59 Å². The van der Waals surface area contributed by atoms with E-state index in [1.54, 1.807) is 6.92 Å². The van der Waals surface area contributed by atoms with Crippen LogP contribution in [-0.4, -0.2) is 42.4 Å². The van der Waals surface area contributed by atoms with E-state index in [1.165, 1.54) is 0 Å². The molecule has 2 rings (SSSR count). The molecule has 1 fully saturated rings. The lowest BCUT2D eigenvalue weighted by atomic mass is 10.1. The van der Waals surface area contributed by atoms with Crippen LogP contribution in [0, 0.1) is 6.92 Å². The molecule has 2 amide bonds. The summed E-state index contributed by atoms with van der Waals surface area (Å²) >= 11 is 3.42. The molecule has 0 saturated carbocycles. The highest BCUT2D eigenvalue weighted by Gasteiger charge is 2.21. The first-order valence-corrected chi connectivity index (χ1v) is 8.30. The van der Waals surface area contributed by atoms with Gasteiger partial charge in [-0.2, -0.15) is 0 Å². The molecule has 1 aromatic carbocycles. The second-order valence-electron chi connectivity index (χ2n) is 5.66. The Kier molecular flexibility index (Phi) is 5.83. The standard InChI is InChI=1S/C16H22BrN3O2/c1-11-9-13(17)3-4-15(11)18-10-16(22)19-14-5-7-20(8-6-14)12(2)21/h3-4,9,14,18H,5-8,10H2,1-2H3,(H,19,22). The minimum Gasteiger partial charge on any atom is -0.376 e. The Bertz CT molecular complexity index is 554. The van der Waals surface area contributed by atoms with Gasteiger partial charge in [0.1, 0.15) is 0 Å². The maximum absolute atomic E-state index is 12.0. The summed E-state index contributed by atoms with van der Waals surface area (Å²) in [4.78, 5) is 25.1. The van der Waals surface area contributed by atoms with E-state index in [0.717, 1.165) is 41.7 Å². The van der Waals surface area contributed by atoms with Gasteiger partial charge in [-0.05, 0) is 43.5 Å². The van der Waals surface area contributed by atoms with Crippen LogP contribution in [0.5, 0.6) is 0 Å². The smallest absolute Gasteiger partial charge is 0.239 e. The molecule has 6 heteroatoms. The zero-order valence-corrected chi connectivity index (χ0v) is 14.6. The van der Waals surface area contributed by atoms with Crippen molar-refractivity contribution < 1.29 is 9.59 Å². The molecule has 1 aromatic rings. The van der Waals surface area contributed by atoms with Crippen LogP contribution >= 0.6 is 15.9 Å². The van der Waals surface area contributed by atoms with Gasteiger partial charge in [0.2, 0.25) is 11.8 Å². The lowest BCUT2D eigenvalue weighted by molar-refractivity contribution is -0.130. The number of rotatable bonds is 4. The molecule has 120 valence electrons. The van der Waals surface area contributed by atoms with Crippen LogP contribution in [-0.2, 0) is 9.59 Å². The number of nitrogens with one attached hydrogen (secondary N) is 2. The van der Waals surface area contributed by atoms with Crippen molar-refractivity contribution in [3.8, 4) is 0 Å². The van der Waals surface area contributed by atoms with E-state index in [0.29, 0.717) is 0 Å². The van der Waals surface area contributed by atoms with Crippen LogP contribution < -0.4 is 10.6 Å². The number of piperidine rings is 1. The van der Waals surface area contributed by atoms with Crippen molar-refractivity contribution in [2.24, 2.45) is 0 Å². The van der Waals surface area contributed by atoms with Crippen molar-refractivity contribution in [3.05, 3.63) is 28.2 Å².